The van der Waals surface area contributed by atoms with Crippen LogP contribution in [0.15, 0.2) is 53.0 Å². The Morgan fingerprint density at radius 2 is 1.91 bits per heavy atom. The van der Waals surface area contributed by atoms with E-state index in [0.29, 0.717) is 6.54 Å². The van der Waals surface area contributed by atoms with E-state index in [1.54, 1.807) is 0 Å². The number of H-pyrrole nitrogens is 1. The molecule has 4 nitrogen and oxygen atoms in total. The summed E-state index contributed by atoms with van der Waals surface area (Å²) >= 11 is 3.46. The number of aromatic amines is 1. The Balaban J connectivity index is 1.58. The number of rotatable bonds is 1. The van der Waals surface area contributed by atoms with Gasteiger partial charge in [-0.2, -0.15) is 0 Å². The van der Waals surface area contributed by atoms with Crippen LogP contribution in [0.5, 0.6) is 0 Å². The van der Waals surface area contributed by atoms with E-state index in [9.17, 15) is 4.79 Å². The molecule has 2 heterocycles. The third-order valence-corrected chi connectivity index (χ3v) is 4.98. The second-order valence-corrected chi connectivity index (χ2v) is 6.56. The molecule has 0 fully saturated rings. The molecule has 23 heavy (non-hydrogen) atoms. The van der Waals surface area contributed by atoms with E-state index in [4.69, 9.17) is 0 Å². The van der Waals surface area contributed by atoms with Gasteiger partial charge in [0.15, 0.2) is 0 Å². The van der Waals surface area contributed by atoms with Gasteiger partial charge in [-0.3, -0.25) is 0 Å². The van der Waals surface area contributed by atoms with Crippen molar-refractivity contribution < 1.29 is 4.79 Å². The van der Waals surface area contributed by atoms with Gasteiger partial charge in [-0.1, -0.05) is 30.3 Å². The van der Waals surface area contributed by atoms with Crippen LogP contribution in [0.4, 0.5) is 10.5 Å². The Bertz CT molecular complexity index is 887. The monoisotopic (exact) mass is 369 g/mol. The number of aromatic nitrogens is 1. The second kappa shape index (κ2) is 5.74. The highest BCUT2D eigenvalue weighted by Crippen LogP contribution is 2.28. The number of fused-ring (bicyclic) bond motifs is 3. The zero-order valence-corrected chi connectivity index (χ0v) is 14.1. The van der Waals surface area contributed by atoms with E-state index < -0.39 is 0 Å². The summed E-state index contributed by atoms with van der Waals surface area (Å²) in [7, 11) is 0. The van der Waals surface area contributed by atoms with Crippen LogP contribution in [0.3, 0.4) is 0 Å². The topological polar surface area (TPSA) is 48.1 Å². The van der Waals surface area contributed by atoms with Crippen molar-refractivity contribution in [3.8, 4) is 0 Å². The number of hydrogen-bond acceptors (Lipinski definition) is 1. The number of benzene rings is 2. The zero-order chi connectivity index (χ0) is 15.8. The molecule has 0 radical (unpaired) electrons. The molecule has 1 aromatic heterocycles. The first kappa shape index (κ1) is 14.3. The average molecular weight is 370 g/mol. The van der Waals surface area contributed by atoms with Crippen LogP contribution in [0.1, 0.15) is 11.3 Å². The highest BCUT2D eigenvalue weighted by molar-refractivity contribution is 9.10. The highest BCUT2D eigenvalue weighted by Gasteiger charge is 2.24. The summed E-state index contributed by atoms with van der Waals surface area (Å²) in [6.07, 6.45) is 0.855. The number of urea groups is 1. The molecule has 0 spiro atoms. The van der Waals surface area contributed by atoms with Gasteiger partial charge >= 0.3 is 6.03 Å². The molecule has 4 rings (SSSR count). The van der Waals surface area contributed by atoms with Gasteiger partial charge in [-0.25, -0.2) is 4.79 Å². The molecule has 0 unspecified atom stereocenters. The van der Waals surface area contributed by atoms with Gasteiger partial charge in [0, 0.05) is 46.1 Å². The fraction of sp³-hybridized carbons (Fsp3) is 0.167. The summed E-state index contributed by atoms with van der Waals surface area (Å²) in [4.78, 5) is 17.9. The molecule has 116 valence electrons. The van der Waals surface area contributed by atoms with Gasteiger partial charge < -0.3 is 15.2 Å². The standard InChI is InChI=1S/C18H16BrN3O/c19-14-6-2-4-8-17(14)21-18(23)22-10-9-16-13(11-22)12-5-1-3-7-15(12)20-16/h1-8,20H,9-11H2,(H,21,23). The van der Waals surface area contributed by atoms with Crippen molar-refractivity contribution in [1.82, 2.24) is 9.88 Å². The van der Waals surface area contributed by atoms with Gasteiger partial charge in [0.05, 0.1) is 5.69 Å². The number of carbonyl (C=O) groups is 1. The molecule has 0 saturated carbocycles. The number of hydrogen-bond donors (Lipinski definition) is 2. The lowest BCUT2D eigenvalue weighted by Gasteiger charge is -2.27. The Hall–Kier alpha value is -2.27. The van der Waals surface area contributed by atoms with Crippen molar-refractivity contribution in [3.63, 3.8) is 0 Å². The van der Waals surface area contributed by atoms with Crippen molar-refractivity contribution in [2.24, 2.45) is 0 Å². The van der Waals surface area contributed by atoms with Crippen LogP contribution in [-0.4, -0.2) is 22.5 Å². The van der Waals surface area contributed by atoms with E-state index in [2.05, 4.69) is 38.4 Å². The molecule has 5 heteroatoms. The molecule has 0 saturated heterocycles. The first-order valence-electron chi connectivity index (χ1n) is 7.61. The first-order valence-corrected chi connectivity index (χ1v) is 8.40. The summed E-state index contributed by atoms with van der Waals surface area (Å²) in [5.41, 5.74) is 4.41. The summed E-state index contributed by atoms with van der Waals surface area (Å²) in [6.45, 7) is 1.35. The molecule has 0 aliphatic carbocycles. The molecule has 1 aliphatic heterocycles. The molecule has 3 aromatic rings. The van der Waals surface area contributed by atoms with Crippen LogP contribution in [0.2, 0.25) is 0 Å². The van der Waals surface area contributed by atoms with Gasteiger partial charge in [-0.05, 0) is 34.1 Å². The Labute approximate surface area is 142 Å². The minimum atomic E-state index is -0.0622. The summed E-state index contributed by atoms with van der Waals surface area (Å²) in [5.74, 6) is 0. The number of carbonyl (C=O) groups excluding carboxylic acids is 1. The minimum absolute atomic E-state index is 0.0622. The highest BCUT2D eigenvalue weighted by atomic mass is 79.9. The fourth-order valence-corrected chi connectivity index (χ4v) is 3.48. The number of para-hydroxylation sites is 2. The summed E-state index contributed by atoms with van der Waals surface area (Å²) in [5, 5.41) is 4.19. The number of halogens is 1. The lowest BCUT2D eigenvalue weighted by molar-refractivity contribution is 0.206. The van der Waals surface area contributed by atoms with Gasteiger partial charge in [0.1, 0.15) is 0 Å². The molecule has 0 atom stereocenters. The zero-order valence-electron chi connectivity index (χ0n) is 12.5. The molecule has 2 amide bonds. The van der Waals surface area contributed by atoms with Gasteiger partial charge in [0.25, 0.3) is 0 Å². The molecule has 2 N–H and O–H groups in total. The molecular weight excluding hydrogens is 354 g/mol. The van der Waals surface area contributed by atoms with Gasteiger partial charge in [-0.15, -0.1) is 0 Å². The molecule has 1 aliphatic rings. The van der Waals surface area contributed by atoms with E-state index in [0.717, 1.165) is 28.6 Å². The number of amides is 2. The van der Waals surface area contributed by atoms with Crippen LogP contribution in [0.25, 0.3) is 10.9 Å². The molecule has 0 bridgehead atoms. The SMILES string of the molecule is O=C(Nc1ccccc1Br)N1CCc2[nH]c3ccccc3c2C1. The van der Waals surface area contributed by atoms with E-state index in [1.807, 2.05) is 41.3 Å². The summed E-state index contributed by atoms with van der Waals surface area (Å²) < 4.78 is 0.887. The Kier molecular flexibility index (Phi) is 3.58. The van der Waals surface area contributed by atoms with Crippen LogP contribution in [0, 0.1) is 0 Å². The predicted molar refractivity (Wildman–Crippen MR) is 95.6 cm³/mol. The first-order chi connectivity index (χ1) is 11.2. The van der Waals surface area contributed by atoms with Crippen molar-refractivity contribution >= 4 is 38.6 Å². The number of anilines is 1. The van der Waals surface area contributed by atoms with E-state index in [1.165, 1.54) is 16.6 Å². The number of nitrogens with zero attached hydrogens (tertiary/aromatic N) is 1. The van der Waals surface area contributed by atoms with E-state index >= 15 is 0 Å². The third-order valence-electron chi connectivity index (χ3n) is 4.29. The maximum Gasteiger partial charge on any atom is 0.322 e. The summed E-state index contributed by atoms with van der Waals surface area (Å²) in [6, 6.07) is 15.9. The lowest BCUT2D eigenvalue weighted by Crippen LogP contribution is -2.38. The maximum absolute atomic E-state index is 12.6. The second-order valence-electron chi connectivity index (χ2n) is 5.71. The molecular formula is C18H16BrN3O. The Morgan fingerprint density at radius 3 is 2.78 bits per heavy atom. The molecule has 2 aromatic carbocycles. The van der Waals surface area contributed by atoms with Crippen LogP contribution >= 0.6 is 15.9 Å². The number of nitrogens with one attached hydrogen (secondary N) is 2. The Morgan fingerprint density at radius 1 is 1.13 bits per heavy atom. The van der Waals surface area contributed by atoms with Gasteiger partial charge in [0.2, 0.25) is 0 Å². The quantitative estimate of drug-likeness (QED) is 0.650. The van der Waals surface area contributed by atoms with Crippen LogP contribution in [-0.2, 0) is 13.0 Å². The average Bonchev–Trinajstić information content (AvgIpc) is 2.94. The maximum atomic E-state index is 12.6. The minimum Gasteiger partial charge on any atom is -0.358 e. The largest absolute Gasteiger partial charge is 0.358 e. The van der Waals surface area contributed by atoms with E-state index in [-0.39, 0.29) is 6.03 Å². The third kappa shape index (κ3) is 2.61. The van der Waals surface area contributed by atoms with Crippen molar-refractivity contribution in [1.29, 1.82) is 0 Å². The lowest BCUT2D eigenvalue weighted by atomic mass is 10.0. The van der Waals surface area contributed by atoms with Crippen molar-refractivity contribution in [2.75, 3.05) is 11.9 Å². The smallest absolute Gasteiger partial charge is 0.322 e. The van der Waals surface area contributed by atoms with Crippen LogP contribution < -0.4 is 5.32 Å². The van der Waals surface area contributed by atoms with Crippen molar-refractivity contribution in [2.45, 2.75) is 13.0 Å². The fourth-order valence-electron chi connectivity index (χ4n) is 3.10. The van der Waals surface area contributed by atoms with Crippen molar-refractivity contribution in [3.05, 3.63) is 64.3 Å². The predicted octanol–water partition coefficient (Wildman–Crippen LogP) is 4.52. The normalized spacial score (nSPS) is 13.9.